The predicted octanol–water partition coefficient (Wildman–Crippen LogP) is 2.22. The smallest absolute Gasteiger partial charge is 0.242 e. The van der Waals surface area contributed by atoms with Gasteiger partial charge in [-0.25, -0.2) is 18.1 Å². The van der Waals surface area contributed by atoms with Gasteiger partial charge in [0.25, 0.3) is 0 Å². The van der Waals surface area contributed by atoms with Gasteiger partial charge in [0.1, 0.15) is 10.7 Å². The highest BCUT2D eigenvalue weighted by atomic mass is 32.2. The molecule has 1 atom stereocenters. The average molecular weight is 297 g/mol. The summed E-state index contributed by atoms with van der Waals surface area (Å²) in [5.41, 5.74) is 0.952. The van der Waals surface area contributed by atoms with Crippen LogP contribution in [0.2, 0.25) is 0 Å². The molecular weight excluding hydrogens is 282 g/mol. The van der Waals surface area contributed by atoms with Crippen molar-refractivity contribution in [2.75, 3.05) is 12.4 Å². The van der Waals surface area contributed by atoms with Gasteiger partial charge in [0.05, 0.1) is 0 Å². The van der Waals surface area contributed by atoms with Crippen LogP contribution in [0.3, 0.4) is 0 Å². The van der Waals surface area contributed by atoms with Crippen molar-refractivity contribution in [3.8, 4) is 0 Å². The Hall–Kier alpha value is -1.44. The zero-order valence-corrected chi connectivity index (χ0v) is 12.3. The van der Waals surface area contributed by atoms with Crippen LogP contribution < -0.4 is 10.0 Å². The molecule has 1 unspecified atom stereocenters. The minimum absolute atomic E-state index is 0.161. The molecule has 2 aromatic rings. The van der Waals surface area contributed by atoms with Crippen LogP contribution >= 0.6 is 11.3 Å². The van der Waals surface area contributed by atoms with Crippen LogP contribution in [0, 0.1) is 0 Å². The quantitative estimate of drug-likeness (QED) is 0.888. The van der Waals surface area contributed by atoms with Gasteiger partial charge in [-0.2, -0.15) is 11.3 Å². The highest BCUT2D eigenvalue weighted by molar-refractivity contribution is 7.89. The summed E-state index contributed by atoms with van der Waals surface area (Å²) >= 11 is 1.54. The minimum Gasteiger partial charge on any atom is -0.373 e. The van der Waals surface area contributed by atoms with E-state index in [1.165, 1.54) is 23.6 Å². The van der Waals surface area contributed by atoms with Crippen LogP contribution in [-0.4, -0.2) is 20.4 Å². The molecule has 2 N–H and O–H groups in total. The molecule has 19 heavy (non-hydrogen) atoms. The van der Waals surface area contributed by atoms with E-state index in [-0.39, 0.29) is 10.9 Å². The standard InChI is InChI=1S/C12H15N3O2S2/c1-9(10-5-6-18-8-10)15-19(16,17)11-3-4-12(13-2)14-7-11/h3-9,15H,1-2H3,(H,13,14). The van der Waals surface area contributed by atoms with Gasteiger partial charge in [0.15, 0.2) is 0 Å². The number of thiophene rings is 1. The Morgan fingerprint density at radius 3 is 2.63 bits per heavy atom. The van der Waals surface area contributed by atoms with Crippen LogP contribution in [-0.2, 0) is 10.0 Å². The lowest BCUT2D eigenvalue weighted by Gasteiger charge is -2.13. The number of nitrogens with one attached hydrogen (secondary N) is 2. The molecule has 0 spiro atoms. The van der Waals surface area contributed by atoms with Gasteiger partial charge in [-0.05, 0) is 41.4 Å². The molecule has 2 aromatic heterocycles. The van der Waals surface area contributed by atoms with E-state index in [1.807, 2.05) is 23.8 Å². The maximum atomic E-state index is 12.2. The van der Waals surface area contributed by atoms with Crippen molar-refractivity contribution in [3.63, 3.8) is 0 Å². The number of nitrogens with zero attached hydrogens (tertiary/aromatic N) is 1. The van der Waals surface area contributed by atoms with Gasteiger partial charge in [-0.15, -0.1) is 0 Å². The van der Waals surface area contributed by atoms with E-state index < -0.39 is 10.0 Å². The third-order valence-electron chi connectivity index (χ3n) is 2.68. The maximum absolute atomic E-state index is 12.2. The largest absolute Gasteiger partial charge is 0.373 e. The lowest BCUT2D eigenvalue weighted by molar-refractivity contribution is 0.567. The number of hydrogen-bond acceptors (Lipinski definition) is 5. The fraction of sp³-hybridized carbons (Fsp3) is 0.250. The van der Waals surface area contributed by atoms with Gasteiger partial charge in [-0.3, -0.25) is 0 Å². The molecule has 5 nitrogen and oxygen atoms in total. The molecule has 0 fully saturated rings. The third kappa shape index (κ3) is 3.31. The number of rotatable bonds is 5. The molecule has 0 saturated heterocycles. The van der Waals surface area contributed by atoms with Crippen LogP contribution in [0.1, 0.15) is 18.5 Å². The summed E-state index contributed by atoms with van der Waals surface area (Å²) < 4.78 is 27.0. The molecule has 0 aliphatic carbocycles. The van der Waals surface area contributed by atoms with E-state index in [4.69, 9.17) is 0 Å². The van der Waals surface area contributed by atoms with Crippen molar-refractivity contribution in [2.24, 2.45) is 0 Å². The van der Waals surface area contributed by atoms with Gasteiger partial charge >= 0.3 is 0 Å². The molecule has 0 aromatic carbocycles. The van der Waals surface area contributed by atoms with Gasteiger partial charge in [0.2, 0.25) is 10.0 Å². The van der Waals surface area contributed by atoms with Gasteiger partial charge in [0, 0.05) is 19.3 Å². The average Bonchev–Trinajstić information content (AvgIpc) is 2.92. The first kappa shape index (κ1) is 14.0. The Kier molecular flexibility index (Phi) is 4.18. The fourth-order valence-corrected chi connectivity index (χ4v) is 3.51. The van der Waals surface area contributed by atoms with E-state index in [0.29, 0.717) is 5.82 Å². The Morgan fingerprint density at radius 2 is 2.11 bits per heavy atom. The topological polar surface area (TPSA) is 71.1 Å². The molecule has 0 bridgehead atoms. The Morgan fingerprint density at radius 1 is 1.32 bits per heavy atom. The first-order chi connectivity index (χ1) is 9.03. The number of anilines is 1. The van der Waals surface area contributed by atoms with E-state index in [0.717, 1.165) is 5.56 Å². The molecular formula is C12H15N3O2S2. The van der Waals surface area contributed by atoms with Crippen LogP contribution in [0.4, 0.5) is 5.82 Å². The molecule has 0 saturated carbocycles. The van der Waals surface area contributed by atoms with E-state index in [1.54, 1.807) is 13.1 Å². The molecule has 0 radical (unpaired) electrons. The summed E-state index contributed by atoms with van der Waals surface area (Å²) in [7, 11) is -1.82. The number of hydrogen-bond donors (Lipinski definition) is 2. The Balaban J connectivity index is 2.17. The summed E-state index contributed by atoms with van der Waals surface area (Å²) in [6.07, 6.45) is 1.34. The van der Waals surface area contributed by atoms with Crippen LogP contribution in [0.15, 0.2) is 40.1 Å². The zero-order chi connectivity index (χ0) is 13.9. The van der Waals surface area contributed by atoms with E-state index in [2.05, 4.69) is 15.0 Å². The second-order valence-corrected chi connectivity index (χ2v) is 6.52. The minimum atomic E-state index is -3.55. The van der Waals surface area contributed by atoms with Crippen LogP contribution in [0.25, 0.3) is 0 Å². The Labute approximate surface area is 116 Å². The monoisotopic (exact) mass is 297 g/mol. The molecule has 102 valence electrons. The number of aromatic nitrogens is 1. The summed E-state index contributed by atoms with van der Waals surface area (Å²) in [4.78, 5) is 4.17. The summed E-state index contributed by atoms with van der Waals surface area (Å²) in [5, 5.41) is 6.69. The predicted molar refractivity (Wildman–Crippen MR) is 76.8 cm³/mol. The van der Waals surface area contributed by atoms with Crippen molar-refractivity contribution >= 4 is 27.2 Å². The molecule has 0 aliphatic rings. The summed E-state index contributed by atoms with van der Waals surface area (Å²) in [5.74, 6) is 0.629. The van der Waals surface area contributed by atoms with Gasteiger partial charge in [-0.1, -0.05) is 0 Å². The number of pyridine rings is 1. The van der Waals surface area contributed by atoms with Crippen molar-refractivity contribution in [1.29, 1.82) is 0 Å². The van der Waals surface area contributed by atoms with Crippen LogP contribution in [0.5, 0.6) is 0 Å². The molecule has 2 rings (SSSR count). The zero-order valence-electron chi connectivity index (χ0n) is 10.6. The normalized spacial score (nSPS) is 13.2. The molecule has 2 heterocycles. The third-order valence-corrected chi connectivity index (χ3v) is 4.91. The van der Waals surface area contributed by atoms with E-state index in [9.17, 15) is 8.42 Å². The fourth-order valence-electron chi connectivity index (χ4n) is 1.58. The lowest BCUT2D eigenvalue weighted by atomic mass is 10.2. The van der Waals surface area contributed by atoms with E-state index >= 15 is 0 Å². The highest BCUT2D eigenvalue weighted by Crippen LogP contribution is 2.19. The van der Waals surface area contributed by atoms with Gasteiger partial charge < -0.3 is 5.32 Å². The first-order valence-electron chi connectivity index (χ1n) is 5.71. The van der Waals surface area contributed by atoms with Crippen molar-refractivity contribution < 1.29 is 8.42 Å². The number of sulfonamides is 1. The highest BCUT2D eigenvalue weighted by Gasteiger charge is 2.18. The van der Waals surface area contributed by atoms with Crippen molar-refractivity contribution in [1.82, 2.24) is 9.71 Å². The van der Waals surface area contributed by atoms with Crippen molar-refractivity contribution in [2.45, 2.75) is 17.9 Å². The second kappa shape index (κ2) is 5.68. The molecule has 0 aliphatic heterocycles. The molecule has 7 heteroatoms. The Bertz CT molecular complexity index is 622. The summed E-state index contributed by atoms with van der Waals surface area (Å²) in [6.45, 7) is 1.81. The molecule has 0 amide bonds. The van der Waals surface area contributed by atoms with Crippen molar-refractivity contribution in [3.05, 3.63) is 40.7 Å². The SMILES string of the molecule is CNc1ccc(S(=O)(=O)NC(C)c2ccsc2)cn1. The maximum Gasteiger partial charge on any atom is 0.242 e. The second-order valence-electron chi connectivity index (χ2n) is 4.03. The lowest BCUT2D eigenvalue weighted by Crippen LogP contribution is -2.26. The summed E-state index contributed by atoms with van der Waals surface area (Å²) in [6, 6.07) is 4.80. The first-order valence-corrected chi connectivity index (χ1v) is 8.14.